The molecule has 1 heterocycles. The normalized spacial score (nSPS) is 19.1. The first-order valence-corrected chi connectivity index (χ1v) is 6.40. The van der Waals surface area contributed by atoms with E-state index >= 15 is 0 Å². The number of aliphatic hydroxyl groups excluding tert-OH is 1. The van der Waals surface area contributed by atoms with Gasteiger partial charge in [-0.2, -0.15) is 0 Å². The zero-order chi connectivity index (χ0) is 13.1. The topological polar surface area (TPSA) is 52.6 Å². The predicted molar refractivity (Wildman–Crippen MR) is 71.8 cm³/mol. The molecule has 5 heteroatoms. The van der Waals surface area contributed by atoms with Crippen molar-refractivity contribution in [1.82, 2.24) is 5.32 Å². The zero-order valence-electron chi connectivity index (χ0n) is 10.3. The Labute approximate surface area is 112 Å². The molecule has 0 saturated carbocycles. The highest BCUT2D eigenvalue weighted by atomic mass is 35.5. The average Bonchev–Trinajstić information content (AvgIpc) is 2.76. The maximum absolute atomic E-state index is 11.0. The van der Waals surface area contributed by atoms with Gasteiger partial charge in [0.2, 0.25) is 5.91 Å². The van der Waals surface area contributed by atoms with E-state index in [1.54, 1.807) is 6.07 Å². The molecule has 0 aliphatic carbocycles. The van der Waals surface area contributed by atoms with Gasteiger partial charge in [-0.15, -0.1) is 0 Å². The Balaban J connectivity index is 2.14. The van der Waals surface area contributed by atoms with E-state index in [4.69, 9.17) is 11.6 Å². The predicted octanol–water partition coefficient (Wildman–Crippen LogP) is 1.55. The molecule has 18 heavy (non-hydrogen) atoms. The number of nitrogens with zero attached hydrogens (tertiary/aromatic N) is 1. The highest BCUT2D eigenvalue weighted by molar-refractivity contribution is 6.31. The van der Waals surface area contributed by atoms with Crippen LogP contribution < -0.4 is 10.2 Å². The van der Waals surface area contributed by atoms with Crippen molar-refractivity contribution in [3.05, 3.63) is 28.8 Å². The molecule has 1 aromatic rings. The first-order valence-electron chi connectivity index (χ1n) is 6.02. The Hall–Kier alpha value is -1.26. The van der Waals surface area contributed by atoms with Gasteiger partial charge in [0.25, 0.3) is 0 Å². The maximum Gasteiger partial charge on any atom is 0.217 e. The van der Waals surface area contributed by atoms with E-state index in [0.717, 1.165) is 30.8 Å². The third-order valence-electron chi connectivity index (χ3n) is 3.19. The Bertz CT molecular complexity index is 451. The Morgan fingerprint density at radius 2 is 2.39 bits per heavy atom. The Kier molecular flexibility index (Phi) is 4.09. The highest BCUT2D eigenvalue weighted by Gasteiger charge is 2.25. The van der Waals surface area contributed by atoms with Gasteiger partial charge in [-0.3, -0.25) is 4.79 Å². The lowest BCUT2D eigenvalue weighted by Crippen LogP contribution is -2.35. The van der Waals surface area contributed by atoms with E-state index in [1.807, 2.05) is 12.1 Å². The number of amides is 1. The van der Waals surface area contributed by atoms with Crippen LogP contribution in [-0.4, -0.2) is 30.1 Å². The average molecular weight is 269 g/mol. The second kappa shape index (κ2) is 5.59. The molecule has 98 valence electrons. The van der Waals surface area contributed by atoms with Crippen LogP contribution in [0.3, 0.4) is 0 Å². The first kappa shape index (κ1) is 13.2. The number of rotatable bonds is 3. The largest absolute Gasteiger partial charge is 0.392 e. The molecule has 1 saturated heterocycles. The van der Waals surface area contributed by atoms with Gasteiger partial charge in [0.05, 0.1) is 6.61 Å². The smallest absolute Gasteiger partial charge is 0.217 e. The summed E-state index contributed by atoms with van der Waals surface area (Å²) in [6, 6.07) is 5.78. The molecule has 0 bridgehead atoms. The quantitative estimate of drug-likeness (QED) is 0.875. The van der Waals surface area contributed by atoms with Gasteiger partial charge in [0, 0.05) is 42.3 Å². The standard InChI is InChI=1S/C13H17ClN2O2/c1-9(18)15-10-5-6-16(7-10)13-4-2-3-12(14)11(13)8-17/h2-4,10,17H,5-8H2,1H3,(H,15,18). The molecule has 1 aliphatic heterocycles. The van der Waals surface area contributed by atoms with E-state index in [-0.39, 0.29) is 18.6 Å². The number of benzene rings is 1. The third-order valence-corrected chi connectivity index (χ3v) is 3.54. The van der Waals surface area contributed by atoms with Crippen molar-refractivity contribution in [3.8, 4) is 0 Å². The van der Waals surface area contributed by atoms with Crippen LogP contribution in [0.15, 0.2) is 18.2 Å². The number of nitrogens with one attached hydrogen (secondary N) is 1. The number of hydrogen-bond donors (Lipinski definition) is 2. The summed E-state index contributed by atoms with van der Waals surface area (Å²) in [6.07, 6.45) is 0.914. The number of halogens is 1. The van der Waals surface area contributed by atoms with Gasteiger partial charge in [-0.05, 0) is 18.6 Å². The SMILES string of the molecule is CC(=O)NC1CCN(c2cccc(Cl)c2CO)C1. The minimum absolute atomic E-state index is 0.00433. The van der Waals surface area contributed by atoms with Crippen molar-refractivity contribution in [3.63, 3.8) is 0 Å². The number of aliphatic hydroxyl groups is 1. The molecule has 2 N–H and O–H groups in total. The molecule has 2 rings (SSSR count). The molecule has 1 aliphatic rings. The molecule has 4 nitrogen and oxygen atoms in total. The van der Waals surface area contributed by atoms with Gasteiger partial charge < -0.3 is 15.3 Å². The summed E-state index contributed by atoms with van der Waals surface area (Å²) < 4.78 is 0. The van der Waals surface area contributed by atoms with Gasteiger partial charge in [0.1, 0.15) is 0 Å². The lowest BCUT2D eigenvalue weighted by atomic mass is 10.1. The van der Waals surface area contributed by atoms with Crippen molar-refractivity contribution in [2.75, 3.05) is 18.0 Å². The van der Waals surface area contributed by atoms with Crippen molar-refractivity contribution in [1.29, 1.82) is 0 Å². The van der Waals surface area contributed by atoms with E-state index in [1.165, 1.54) is 6.92 Å². The number of carbonyl (C=O) groups excluding carboxylic acids is 1. The minimum atomic E-state index is -0.0731. The lowest BCUT2D eigenvalue weighted by Gasteiger charge is -2.22. The van der Waals surface area contributed by atoms with Crippen LogP contribution in [0, 0.1) is 0 Å². The molecule has 1 unspecified atom stereocenters. The van der Waals surface area contributed by atoms with Crippen molar-refractivity contribution < 1.29 is 9.90 Å². The minimum Gasteiger partial charge on any atom is -0.392 e. The molecular weight excluding hydrogens is 252 g/mol. The van der Waals surface area contributed by atoms with Crippen LogP contribution in [0.5, 0.6) is 0 Å². The van der Waals surface area contributed by atoms with Crippen LogP contribution in [0.4, 0.5) is 5.69 Å². The second-order valence-corrected chi connectivity index (χ2v) is 4.93. The van der Waals surface area contributed by atoms with Crippen molar-refractivity contribution in [2.24, 2.45) is 0 Å². The fourth-order valence-corrected chi connectivity index (χ4v) is 2.61. The zero-order valence-corrected chi connectivity index (χ0v) is 11.1. The number of anilines is 1. The molecule has 1 amide bonds. The summed E-state index contributed by atoms with van der Waals surface area (Å²) in [6.45, 7) is 3.07. The first-order chi connectivity index (χ1) is 8.61. The monoisotopic (exact) mass is 268 g/mol. The number of carbonyl (C=O) groups is 1. The summed E-state index contributed by atoms with van der Waals surface area (Å²) in [5.74, 6) is -0.00433. The van der Waals surface area contributed by atoms with E-state index < -0.39 is 0 Å². The maximum atomic E-state index is 11.0. The molecular formula is C13H17ClN2O2. The van der Waals surface area contributed by atoms with Crippen molar-refractivity contribution >= 4 is 23.2 Å². The molecule has 1 fully saturated rings. The third kappa shape index (κ3) is 2.76. The molecule has 0 aromatic heterocycles. The van der Waals surface area contributed by atoms with E-state index in [2.05, 4.69) is 10.2 Å². The summed E-state index contributed by atoms with van der Waals surface area (Å²) in [4.78, 5) is 13.2. The summed E-state index contributed by atoms with van der Waals surface area (Å²) in [5, 5.41) is 12.9. The van der Waals surface area contributed by atoms with E-state index in [0.29, 0.717) is 5.02 Å². The van der Waals surface area contributed by atoms with Crippen LogP contribution in [0.1, 0.15) is 18.9 Å². The van der Waals surface area contributed by atoms with Gasteiger partial charge in [0.15, 0.2) is 0 Å². The molecule has 1 aromatic carbocycles. The van der Waals surface area contributed by atoms with Gasteiger partial charge >= 0.3 is 0 Å². The highest BCUT2D eigenvalue weighted by Crippen LogP contribution is 2.29. The van der Waals surface area contributed by atoms with Crippen molar-refractivity contribution in [2.45, 2.75) is 26.0 Å². The summed E-state index contributed by atoms with van der Waals surface area (Å²) in [5.41, 5.74) is 1.71. The van der Waals surface area contributed by atoms with Crippen LogP contribution in [0.2, 0.25) is 5.02 Å². The van der Waals surface area contributed by atoms with Gasteiger partial charge in [-0.25, -0.2) is 0 Å². The summed E-state index contributed by atoms with van der Waals surface area (Å²) in [7, 11) is 0. The fraction of sp³-hybridized carbons (Fsp3) is 0.462. The Morgan fingerprint density at radius 3 is 3.06 bits per heavy atom. The molecule has 0 spiro atoms. The van der Waals surface area contributed by atoms with Crippen LogP contribution in [0.25, 0.3) is 0 Å². The molecule has 0 radical (unpaired) electrons. The lowest BCUT2D eigenvalue weighted by molar-refractivity contribution is -0.119. The Morgan fingerprint density at radius 1 is 1.61 bits per heavy atom. The fourth-order valence-electron chi connectivity index (χ4n) is 2.38. The van der Waals surface area contributed by atoms with E-state index in [9.17, 15) is 9.90 Å². The number of hydrogen-bond acceptors (Lipinski definition) is 3. The second-order valence-electron chi connectivity index (χ2n) is 4.53. The van der Waals surface area contributed by atoms with Crippen LogP contribution >= 0.6 is 11.6 Å². The van der Waals surface area contributed by atoms with Gasteiger partial charge in [-0.1, -0.05) is 17.7 Å². The van der Waals surface area contributed by atoms with Crippen LogP contribution in [-0.2, 0) is 11.4 Å². The molecule has 1 atom stereocenters. The summed E-state index contributed by atoms with van der Waals surface area (Å²) >= 11 is 6.07.